The van der Waals surface area contributed by atoms with Gasteiger partial charge in [0.2, 0.25) is 0 Å². The molecule has 106 valence electrons. The second-order valence-electron chi connectivity index (χ2n) is 5.50. The summed E-state index contributed by atoms with van der Waals surface area (Å²) in [5, 5.41) is 16.0. The van der Waals surface area contributed by atoms with Gasteiger partial charge in [-0.2, -0.15) is 5.26 Å². The van der Waals surface area contributed by atoms with E-state index >= 15 is 0 Å². The molecule has 0 radical (unpaired) electrons. The summed E-state index contributed by atoms with van der Waals surface area (Å²) in [6.07, 6.45) is 5.54. The fraction of sp³-hybridized carbons (Fsp3) is 0.500. The highest BCUT2D eigenvalue weighted by molar-refractivity contribution is 7.80. The molecular formula is C16H21N3S. The van der Waals surface area contributed by atoms with Crippen molar-refractivity contribution in [2.45, 2.75) is 45.1 Å². The van der Waals surface area contributed by atoms with E-state index in [0.717, 1.165) is 11.3 Å². The van der Waals surface area contributed by atoms with E-state index in [1.807, 2.05) is 24.3 Å². The lowest BCUT2D eigenvalue weighted by atomic mass is 9.86. The molecule has 1 fully saturated rings. The van der Waals surface area contributed by atoms with Gasteiger partial charge in [-0.05, 0) is 48.7 Å². The van der Waals surface area contributed by atoms with Crippen molar-refractivity contribution in [2.75, 3.05) is 5.32 Å². The maximum absolute atomic E-state index is 8.65. The van der Waals surface area contributed by atoms with Crippen LogP contribution < -0.4 is 10.6 Å². The van der Waals surface area contributed by atoms with Crippen LogP contribution in [-0.4, -0.2) is 11.2 Å². The van der Waals surface area contributed by atoms with Crippen LogP contribution in [0.1, 0.15) is 38.2 Å². The summed E-state index contributed by atoms with van der Waals surface area (Å²) in [5.74, 6) is 0.682. The Kier molecular flexibility index (Phi) is 5.37. The summed E-state index contributed by atoms with van der Waals surface area (Å²) < 4.78 is 0. The largest absolute Gasteiger partial charge is 0.359 e. The highest BCUT2D eigenvalue weighted by atomic mass is 32.1. The smallest absolute Gasteiger partial charge is 0.171 e. The number of nitrogens with one attached hydrogen (secondary N) is 2. The first-order chi connectivity index (χ1) is 9.69. The van der Waals surface area contributed by atoms with Gasteiger partial charge in [-0.1, -0.05) is 31.9 Å². The molecule has 0 unspecified atom stereocenters. The van der Waals surface area contributed by atoms with Gasteiger partial charge in [0.1, 0.15) is 0 Å². The van der Waals surface area contributed by atoms with Crippen LogP contribution in [0.3, 0.4) is 0 Å². The number of anilines is 1. The third-order valence-electron chi connectivity index (χ3n) is 3.92. The fourth-order valence-electron chi connectivity index (χ4n) is 2.66. The molecule has 20 heavy (non-hydrogen) atoms. The first-order valence-electron chi connectivity index (χ1n) is 7.22. The average molecular weight is 287 g/mol. The first-order valence-corrected chi connectivity index (χ1v) is 7.63. The molecule has 1 aliphatic rings. The highest BCUT2D eigenvalue weighted by Gasteiger charge is 2.21. The molecule has 0 heterocycles. The van der Waals surface area contributed by atoms with Gasteiger partial charge in [-0.3, -0.25) is 0 Å². The van der Waals surface area contributed by atoms with Crippen molar-refractivity contribution in [1.29, 1.82) is 5.26 Å². The number of nitriles is 1. The summed E-state index contributed by atoms with van der Waals surface area (Å²) >= 11 is 5.38. The maximum atomic E-state index is 8.65. The maximum Gasteiger partial charge on any atom is 0.171 e. The van der Waals surface area contributed by atoms with Crippen LogP contribution in [0.4, 0.5) is 5.69 Å². The summed E-state index contributed by atoms with van der Waals surface area (Å²) in [7, 11) is 0. The summed E-state index contributed by atoms with van der Waals surface area (Å²) in [6.45, 7) is 2.29. The van der Waals surface area contributed by atoms with E-state index in [-0.39, 0.29) is 0 Å². The molecule has 0 aromatic heterocycles. The number of hydrogen-bond acceptors (Lipinski definition) is 2. The molecule has 2 atom stereocenters. The van der Waals surface area contributed by atoms with Crippen LogP contribution >= 0.6 is 12.2 Å². The Morgan fingerprint density at radius 3 is 2.65 bits per heavy atom. The van der Waals surface area contributed by atoms with Gasteiger partial charge in [-0.25, -0.2) is 0 Å². The third kappa shape index (κ3) is 4.21. The molecule has 0 bridgehead atoms. The van der Waals surface area contributed by atoms with Crippen LogP contribution in [-0.2, 0) is 6.42 Å². The molecule has 1 aromatic rings. The average Bonchev–Trinajstić information content (AvgIpc) is 2.44. The first kappa shape index (κ1) is 14.8. The van der Waals surface area contributed by atoms with Crippen molar-refractivity contribution in [3.8, 4) is 6.07 Å². The number of benzene rings is 1. The van der Waals surface area contributed by atoms with Crippen molar-refractivity contribution < 1.29 is 0 Å². The predicted molar refractivity (Wildman–Crippen MR) is 86.5 cm³/mol. The van der Waals surface area contributed by atoms with E-state index in [4.69, 9.17) is 17.5 Å². The Morgan fingerprint density at radius 2 is 2.00 bits per heavy atom. The lowest BCUT2D eigenvalue weighted by Crippen LogP contribution is -2.43. The molecule has 0 aliphatic heterocycles. The van der Waals surface area contributed by atoms with Crippen molar-refractivity contribution in [3.63, 3.8) is 0 Å². The quantitative estimate of drug-likeness (QED) is 0.834. The van der Waals surface area contributed by atoms with Gasteiger partial charge in [0.15, 0.2) is 5.11 Å². The highest BCUT2D eigenvalue weighted by Crippen LogP contribution is 2.23. The molecule has 1 aliphatic carbocycles. The molecule has 4 heteroatoms. The Hall–Kier alpha value is -1.60. The van der Waals surface area contributed by atoms with Crippen LogP contribution in [0.2, 0.25) is 0 Å². The number of nitrogens with zero attached hydrogens (tertiary/aromatic N) is 1. The third-order valence-corrected chi connectivity index (χ3v) is 4.14. The van der Waals surface area contributed by atoms with E-state index in [1.54, 1.807) is 0 Å². The van der Waals surface area contributed by atoms with Crippen LogP contribution in [0.25, 0.3) is 0 Å². The molecule has 1 aromatic carbocycles. The Bertz CT molecular complexity index is 489. The van der Waals surface area contributed by atoms with Crippen molar-refractivity contribution >= 4 is 23.0 Å². The van der Waals surface area contributed by atoms with E-state index in [9.17, 15) is 0 Å². The molecule has 0 spiro atoms. The number of rotatable bonds is 3. The molecule has 0 amide bonds. The Labute approximate surface area is 126 Å². The SMILES string of the molecule is C[C@H]1CCCC[C@H]1NC(=S)Nc1ccc(CC#N)cc1. The Balaban J connectivity index is 1.86. The monoisotopic (exact) mass is 287 g/mol. The second-order valence-corrected chi connectivity index (χ2v) is 5.91. The van der Waals surface area contributed by atoms with Crippen molar-refractivity contribution in [2.24, 2.45) is 5.92 Å². The molecule has 0 saturated heterocycles. The molecule has 1 saturated carbocycles. The van der Waals surface area contributed by atoms with Crippen molar-refractivity contribution in [1.82, 2.24) is 5.32 Å². The van der Waals surface area contributed by atoms with Crippen LogP contribution in [0, 0.1) is 17.2 Å². The normalized spacial score (nSPS) is 21.8. The van der Waals surface area contributed by atoms with Gasteiger partial charge < -0.3 is 10.6 Å². The minimum atomic E-state index is 0.447. The summed E-state index contributed by atoms with van der Waals surface area (Å²) in [6, 6.07) is 10.5. The van der Waals surface area contributed by atoms with E-state index in [0.29, 0.717) is 23.5 Å². The van der Waals surface area contributed by atoms with Crippen LogP contribution in [0.15, 0.2) is 24.3 Å². The van der Waals surface area contributed by atoms with Gasteiger partial charge in [0.25, 0.3) is 0 Å². The van der Waals surface area contributed by atoms with E-state index in [2.05, 4.69) is 23.6 Å². The Morgan fingerprint density at radius 1 is 1.30 bits per heavy atom. The van der Waals surface area contributed by atoms with E-state index in [1.165, 1.54) is 25.7 Å². The molecule has 3 nitrogen and oxygen atoms in total. The van der Waals surface area contributed by atoms with E-state index < -0.39 is 0 Å². The number of hydrogen-bond donors (Lipinski definition) is 2. The minimum absolute atomic E-state index is 0.447. The second kappa shape index (κ2) is 7.25. The minimum Gasteiger partial charge on any atom is -0.359 e. The van der Waals surface area contributed by atoms with Crippen molar-refractivity contribution in [3.05, 3.63) is 29.8 Å². The molecule has 2 rings (SSSR count). The number of thiocarbonyl (C=S) groups is 1. The topological polar surface area (TPSA) is 47.8 Å². The lowest BCUT2D eigenvalue weighted by molar-refractivity contribution is 0.309. The zero-order chi connectivity index (χ0) is 14.4. The summed E-state index contributed by atoms with van der Waals surface area (Å²) in [4.78, 5) is 0. The zero-order valence-electron chi connectivity index (χ0n) is 11.9. The molecular weight excluding hydrogens is 266 g/mol. The molecule has 2 N–H and O–H groups in total. The van der Waals surface area contributed by atoms with Gasteiger partial charge >= 0.3 is 0 Å². The van der Waals surface area contributed by atoms with Crippen LogP contribution in [0.5, 0.6) is 0 Å². The van der Waals surface area contributed by atoms with Gasteiger partial charge in [0, 0.05) is 11.7 Å². The van der Waals surface area contributed by atoms with Gasteiger partial charge in [0.05, 0.1) is 12.5 Å². The predicted octanol–water partition coefficient (Wildman–Crippen LogP) is 3.62. The fourth-order valence-corrected chi connectivity index (χ4v) is 2.93. The lowest BCUT2D eigenvalue weighted by Gasteiger charge is -2.30. The van der Waals surface area contributed by atoms with Gasteiger partial charge in [-0.15, -0.1) is 0 Å². The summed E-state index contributed by atoms with van der Waals surface area (Å²) in [5.41, 5.74) is 1.99. The zero-order valence-corrected chi connectivity index (χ0v) is 12.7. The standard InChI is InChI=1S/C16H21N3S/c1-12-4-2-3-5-15(12)19-16(20)18-14-8-6-13(7-9-14)10-11-17/h6-9,12,15H,2-5,10H2,1H3,(H2,18,19,20)/t12-,15+/m0/s1.